The van der Waals surface area contributed by atoms with Gasteiger partial charge in [-0.05, 0) is 49.2 Å². The molecule has 0 N–H and O–H groups in total. The van der Waals surface area contributed by atoms with Gasteiger partial charge in [-0.25, -0.2) is 13.4 Å². The second-order valence-corrected chi connectivity index (χ2v) is 11.4. The number of thiazole rings is 1. The average molecular weight is 513 g/mol. The highest BCUT2D eigenvalue weighted by molar-refractivity contribution is 7.92. The standard InChI is InChI=1S/C22H22Cl2N2O4S2/c1-29-20-4-3-14(9-21(20)30-2)19-13-31-22(25-19)26-7-5-17(6-8-26)32(27,28)18-11-15(23)10-16(24)12-18/h3-4,9-13,17H,5-8H2,1-2H3. The van der Waals surface area contributed by atoms with Crippen LogP contribution in [0.5, 0.6) is 11.5 Å². The van der Waals surface area contributed by atoms with Crippen LogP contribution in [0.25, 0.3) is 11.3 Å². The van der Waals surface area contributed by atoms with Gasteiger partial charge in [0.05, 0.1) is 30.1 Å². The highest BCUT2D eigenvalue weighted by Crippen LogP contribution is 2.36. The number of halogens is 2. The summed E-state index contributed by atoms with van der Waals surface area (Å²) in [5.41, 5.74) is 1.77. The van der Waals surface area contributed by atoms with E-state index in [2.05, 4.69) is 4.90 Å². The van der Waals surface area contributed by atoms with E-state index < -0.39 is 15.1 Å². The van der Waals surface area contributed by atoms with E-state index in [4.69, 9.17) is 37.7 Å². The molecule has 0 bridgehead atoms. The summed E-state index contributed by atoms with van der Waals surface area (Å²) in [5.74, 6) is 1.31. The number of hydrogen-bond acceptors (Lipinski definition) is 7. The summed E-state index contributed by atoms with van der Waals surface area (Å²) in [7, 11) is -0.302. The predicted molar refractivity (Wildman–Crippen MR) is 130 cm³/mol. The maximum atomic E-state index is 13.1. The summed E-state index contributed by atoms with van der Waals surface area (Å²) in [6.07, 6.45) is 1.02. The van der Waals surface area contributed by atoms with Crippen molar-refractivity contribution in [3.8, 4) is 22.8 Å². The number of nitrogens with zero attached hydrogens (tertiary/aromatic N) is 2. The number of aromatic nitrogens is 1. The number of piperidine rings is 1. The van der Waals surface area contributed by atoms with Crippen molar-refractivity contribution in [3.63, 3.8) is 0 Å². The van der Waals surface area contributed by atoms with Crippen molar-refractivity contribution >= 4 is 49.5 Å². The molecule has 32 heavy (non-hydrogen) atoms. The molecule has 170 valence electrons. The molecule has 2 heterocycles. The first-order valence-electron chi connectivity index (χ1n) is 9.94. The van der Waals surface area contributed by atoms with Crippen molar-refractivity contribution in [3.05, 3.63) is 51.8 Å². The largest absolute Gasteiger partial charge is 0.493 e. The molecule has 1 aliphatic heterocycles. The maximum Gasteiger partial charge on any atom is 0.185 e. The lowest BCUT2D eigenvalue weighted by Gasteiger charge is -2.31. The Labute approximate surface area is 201 Å². The molecule has 1 aliphatic rings. The molecule has 0 unspecified atom stereocenters. The molecule has 0 spiro atoms. The molecule has 0 aliphatic carbocycles. The first kappa shape index (κ1) is 23.2. The third kappa shape index (κ3) is 4.69. The monoisotopic (exact) mass is 512 g/mol. The number of anilines is 1. The first-order valence-corrected chi connectivity index (χ1v) is 13.1. The highest BCUT2D eigenvalue weighted by atomic mass is 35.5. The minimum Gasteiger partial charge on any atom is -0.493 e. The third-order valence-corrected chi connectivity index (χ3v) is 9.07. The van der Waals surface area contributed by atoms with Crippen LogP contribution in [0.15, 0.2) is 46.7 Å². The van der Waals surface area contributed by atoms with E-state index in [-0.39, 0.29) is 4.90 Å². The predicted octanol–water partition coefficient (Wildman–Crippen LogP) is 5.58. The van der Waals surface area contributed by atoms with Crippen molar-refractivity contribution in [2.75, 3.05) is 32.2 Å². The van der Waals surface area contributed by atoms with Crippen LogP contribution in [0, 0.1) is 0 Å². The lowest BCUT2D eigenvalue weighted by molar-refractivity contribution is 0.355. The summed E-state index contributed by atoms with van der Waals surface area (Å²) in [4.78, 5) is 7.08. The SMILES string of the molecule is COc1ccc(-c2csc(N3CCC(S(=O)(=O)c4cc(Cl)cc(Cl)c4)CC3)n2)cc1OC. The van der Waals surface area contributed by atoms with Gasteiger partial charge in [0.1, 0.15) is 0 Å². The quantitative estimate of drug-likeness (QED) is 0.429. The van der Waals surface area contributed by atoms with Gasteiger partial charge < -0.3 is 14.4 Å². The van der Waals surface area contributed by atoms with Gasteiger partial charge in [0.2, 0.25) is 0 Å². The van der Waals surface area contributed by atoms with Crippen LogP contribution in [0.1, 0.15) is 12.8 Å². The molecule has 3 aromatic rings. The topological polar surface area (TPSA) is 68.7 Å². The second-order valence-electron chi connectivity index (χ2n) is 7.42. The second kappa shape index (κ2) is 9.47. The van der Waals surface area contributed by atoms with Crippen LogP contribution in [-0.2, 0) is 9.84 Å². The Morgan fingerprint density at radius 2 is 1.66 bits per heavy atom. The van der Waals surface area contributed by atoms with E-state index in [1.807, 2.05) is 23.6 Å². The Morgan fingerprint density at radius 3 is 2.28 bits per heavy atom. The van der Waals surface area contributed by atoms with E-state index in [1.54, 1.807) is 25.6 Å². The van der Waals surface area contributed by atoms with Crippen molar-refractivity contribution in [1.29, 1.82) is 0 Å². The number of benzene rings is 2. The van der Waals surface area contributed by atoms with Crippen molar-refractivity contribution in [2.45, 2.75) is 23.0 Å². The van der Waals surface area contributed by atoms with Crippen LogP contribution in [0.3, 0.4) is 0 Å². The van der Waals surface area contributed by atoms with Gasteiger partial charge in [-0.2, -0.15) is 0 Å². The number of methoxy groups -OCH3 is 2. The van der Waals surface area contributed by atoms with Crippen LogP contribution in [0.2, 0.25) is 10.0 Å². The highest BCUT2D eigenvalue weighted by Gasteiger charge is 2.32. The van der Waals surface area contributed by atoms with Gasteiger partial charge in [0.15, 0.2) is 26.5 Å². The fourth-order valence-corrected chi connectivity index (χ4v) is 7.12. The Balaban J connectivity index is 1.47. The Bertz CT molecular complexity index is 1200. The Kier molecular flexibility index (Phi) is 6.86. The lowest BCUT2D eigenvalue weighted by Crippen LogP contribution is -2.39. The van der Waals surface area contributed by atoms with Crippen LogP contribution >= 0.6 is 34.5 Å². The number of sulfone groups is 1. The van der Waals surface area contributed by atoms with Gasteiger partial charge in [-0.1, -0.05) is 23.2 Å². The summed E-state index contributed by atoms with van der Waals surface area (Å²) < 4.78 is 36.8. The number of ether oxygens (including phenoxy) is 2. The smallest absolute Gasteiger partial charge is 0.185 e. The minimum atomic E-state index is -3.50. The van der Waals surface area contributed by atoms with E-state index >= 15 is 0 Å². The molecular weight excluding hydrogens is 491 g/mol. The fraction of sp³-hybridized carbons (Fsp3) is 0.318. The zero-order valence-corrected chi connectivity index (χ0v) is 20.7. The minimum absolute atomic E-state index is 0.179. The van der Waals surface area contributed by atoms with E-state index in [9.17, 15) is 8.42 Å². The zero-order chi connectivity index (χ0) is 22.9. The Morgan fingerprint density at radius 1 is 1.00 bits per heavy atom. The molecule has 0 saturated carbocycles. The molecule has 4 rings (SSSR count). The van der Waals surface area contributed by atoms with Gasteiger partial charge in [0.25, 0.3) is 0 Å². The third-order valence-electron chi connectivity index (χ3n) is 5.49. The van der Waals surface area contributed by atoms with Gasteiger partial charge in [-0.3, -0.25) is 0 Å². The van der Waals surface area contributed by atoms with Gasteiger partial charge >= 0.3 is 0 Å². The van der Waals surface area contributed by atoms with Crippen LogP contribution in [0.4, 0.5) is 5.13 Å². The lowest BCUT2D eigenvalue weighted by atomic mass is 10.1. The van der Waals surface area contributed by atoms with Crippen LogP contribution < -0.4 is 14.4 Å². The molecule has 0 radical (unpaired) electrons. The van der Waals surface area contributed by atoms with Crippen LogP contribution in [-0.4, -0.2) is 46.0 Å². The molecular formula is C22H22Cl2N2O4S2. The molecule has 1 saturated heterocycles. The number of hydrogen-bond donors (Lipinski definition) is 0. The first-order chi connectivity index (χ1) is 15.3. The Hall–Kier alpha value is -2.00. The number of rotatable bonds is 6. The summed E-state index contributed by atoms with van der Waals surface area (Å²) in [6.45, 7) is 1.22. The molecule has 6 nitrogen and oxygen atoms in total. The summed E-state index contributed by atoms with van der Waals surface area (Å²) in [5, 5.41) is 3.03. The van der Waals surface area contributed by atoms with Gasteiger partial charge in [-0.15, -0.1) is 11.3 Å². The fourth-order valence-electron chi connectivity index (χ4n) is 3.78. The average Bonchev–Trinajstić information content (AvgIpc) is 3.28. The molecule has 1 aromatic heterocycles. The molecule has 1 fully saturated rings. The van der Waals surface area contributed by atoms with E-state index in [0.29, 0.717) is 47.5 Å². The van der Waals surface area contributed by atoms with Crippen molar-refractivity contribution in [1.82, 2.24) is 4.98 Å². The normalized spacial score (nSPS) is 15.1. The van der Waals surface area contributed by atoms with Crippen molar-refractivity contribution in [2.24, 2.45) is 0 Å². The summed E-state index contributed by atoms with van der Waals surface area (Å²) in [6, 6.07) is 10.1. The van der Waals surface area contributed by atoms with E-state index in [1.165, 1.54) is 18.2 Å². The zero-order valence-electron chi connectivity index (χ0n) is 17.5. The molecule has 0 atom stereocenters. The van der Waals surface area contributed by atoms with Crippen molar-refractivity contribution < 1.29 is 17.9 Å². The molecule has 10 heteroatoms. The summed E-state index contributed by atoms with van der Waals surface area (Å²) >= 11 is 13.6. The maximum absolute atomic E-state index is 13.1. The van der Waals surface area contributed by atoms with Gasteiger partial charge in [0, 0.05) is 34.1 Å². The molecule has 2 aromatic carbocycles. The van der Waals surface area contributed by atoms with E-state index in [0.717, 1.165) is 16.4 Å². The molecule has 0 amide bonds.